The molecule has 0 aliphatic heterocycles. The molecule has 8 heteroatoms. The van der Waals surface area contributed by atoms with E-state index in [0.29, 0.717) is 39.3 Å². The molecule has 196 valence electrons. The highest BCUT2D eigenvalue weighted by Crippen LogP contribution is 2.25. The zero-order chi connectivity index (χ0) is 26.6. The number of aliphatic carboxylic acids is 1. The Labute approximate surface area is 222 Å². The van der Waals surface area contributed by atoms with Gasteiger partial charge >= 0.3 is 5.97 Å². The van der Waals surface area contributed by atoms with Gasteiger partial charge in [0.1, 0.15) is 30.8 Å². The van der Waals surface area contributed by atoms with Gasteiger partial charge in [0.15, 0.2) is 0 Å². The summed E-state index contributed by atoms with van der Waals surface area (Å²) < 4.78 is 12.2. The third kappa shape index (κ3) is 8.12. The summed E-state index contributed by atoms with van der Waals surface area (Å²) in [5, 5.41) is 9.32. The Morgan fingerprint density at radius 1 is 0.763 bits per heavy atom. The second kappa shape index (κ2) is 13.9. The molecule has 0 radical (unpaired) electrons. The van der Waals surface area contributed by atoms with Crippen LogP contribution in [0.4, 0.5) is 0 Å². The molecular formula is C30H32N4O4. The number of rotatable bonds is 14. The minimum absolute atomic E-state index is 0.309. The Morgan fingerprint density at radius 2 is 1.24 bits per heavy atom. The van der Waals surface area contributed by atoms with Gasteiger partial charge in [-0.15, -0.1) is 0 Å². The third-order valence-corrected chi connectivity index (χ3v) is 6.01. The summed E-state index contributed by atoms with van der Waals surface area (Å²) >= 11 is 0. The highest BCUT2D eigenvalue weighted by molar-refractivity contribution is 5.73. The number of nitrogens with zero attached hydrogens (tertiary/aromatic N) is 3. The van der Waals surface area contributed by atoms with Crippen molar-refractivity contribution in [1.29, 1.82) is 0 Å². The van der Waals surface area contributed by atoms with E-state index in [2.05, 4.69) is 14.9 Å². The first-order valence-corrected chi connectivity index (χ1v) is 12.5. The van der Waals surface area contributed by atoms with Crippen molar-refractivity contribution in [1.82, 2.24) is 14.9 Å². The molecule has 38 heavy (non-hydrogen) atoms. The quantitative estimate of drug-likeness (QED) is 0.255. The molecule has 0 saturated heterocycles. The van der Waals surface area contributed by atoms with Crippen molar-refractivity contribution in [2.45, 2.75) is 38.8 Å². The molecule has 4 aromatic rings. The van der Waals surface area contributed by atoms with Gasteiger partial charge in [-0.2, -0.15) is 0 Å². The van der Waals surface area contributed by atoms with E-state index in [9.17, 15) is 9.90 Å². The lowest BCUT2D eigenvalue weighted by atomic mass is 10.1. The lowest BCUT2D eigenvalue weighted by Crippen LogP contribution is -2.35. The highest BCUT2D eigenvalue weighted by Gasteiger charge is 2.18. The van der Waals surface area contributed by atoms with Crippen LogP contribution in [0, 0.1) is 0 Å². The first kappa shape index (κ1) is 26.8. The summed E-state index contributed by atoms with van der Waals surface area (Å²) in [7, 11) is 0. The maximum atomic E-state index is 11.4. The molecule has 3 N–H and O–H groups in total. The van der Waals surface area contributed by atoms with Crippen molar-refractivity contribution in [3.05, 3.63) is 120 Å². The Morgan fingerprint density at radius 3 is 1.68 bits per heavy atom. The third-order valence-electron chi connectivity index (χ3n) is 6.01. The predicted molar refractivity (Wildman–Crippen MR) is 144 cm³/mol. The summed E-state index contributed by atoms with van der Waals surface area (Å²) in [6.07, 6.45) is 3.79. The smallest absolute Gasteiger partial charge is 0.320 e. The van der Waals surface area contributed by atoms with Gasteiger partial charge in [-0.3, -0.25) is 19.7 Å². The van der Waals surface area contributed by atoms with Gasteiger partial charge in [-0.05, 0) is 42.8 Å². The van der Waals surface area contributed by atoms with Crippen LogP contribution in [0.3, 0.4) is 0 Å². The van der Waals surface area contributed by atoms with E-state index in [1.807, 2.05) is 84.9 Å². The molecule has 4 rings (SSSR count). The second-order valence-electron chi connectivity index (χ2n) is 8.88. The number of pyridine rings is 2. The Bertz CT molecular complexity index is 1200. The fourth-order valence-electron chi connectivity index (χ4n) is 3.96. The van der Waals surface area contributed by atoms with E-state index < -0.39 is 12.0 Å². The maximum absolute atomic E-state index is 11.4. The van der Waals surface area contributed by atoms with E-state index in [-0.39, 0.29) is 0 Å². The van der Waals surface area contributed by atoms with Crippen LogP contribution in [-0.4, -0.2) is 38.5 Å². The van der Waals surface area contributed by atoms with E-state index in [4.69, 9.17) is 15.2 Å². The Balaban J connectivity index is 1.50. The minimum atomic E-state index is -1.01. The number of carboxylic acid groups (broad SMARTS) is 1. The fourth-order valence-corrected chi connectivity index (χ4v) is 3.96. The minimum Gasteiger partial charge on any atom is -0.487 e. The molecule has 0 unspecified atom stereocenters. The number of hydrogen-bond donors (Lipinski definition) is 2. The largest absolute Gasteiger partial charge is 0.487 e. The SMILES string of the molecule is N[C@H](CCN(Cc1ccccc1OCc1ccccn1)Cc1ccccc1OCc1ccccn1)C(=O)O. The van der Waals surface area contributed by atoms with Gasteiger partial charge in [-0.1, -0.05) is 48.5 Å². The lowest BCUT2D eigenvalue weighted by Gasteiger charge is -2.25. The van der Waals surface area contributed by atoms with Gasteiger partial charge in [0.05, 0.1) is 11.4 Å². The van der Waals surface area contributed by atoms with E-state index in [1.54, 1.807) is 12.4 Å². The van der Waals surface area contributed by atoms with E-state index in [1.165, 1.54) is 0 Å². The summed E-state index contributed by atoms with van der Waals surface area (Å²) in [4.78, 5) is 22.2. The van der Waals surface area contributed by atoms with Gasteiger partial charge in [0.25, 0.3) is 0 Å². The van der Waals surface area contributed by atoms with Crippen LogP contribution < -0.4 is 15.2 Å². The fraction of sp³-hybridized carbons (Fsp3) is 0.233. The van der Waals surface area contributed by atoms with Crippen LogP contribution in [0.25, 0.3) is 0 Å². The number of carboxylic acids is 1. The zero-order valence-electron chi connectivity index (χ0n) is 21.1. The average molecular weight is 513 g/mol. The summed E-state index contributed by atoms with van der Waals surface area (Å²) in [6.45, 7) is 2.27. The van der Waals surface area contributed by atoms with E-state index in [0.717, 1.165) is 34.0 Å². The first-order chi connectivity index (χ1) is 18.6. The van der Waals surface area contributed by atoms with Crippen molar-refractivity contribution < 1.29 is 19.4 Å². The van der Waals surface area contributed by atoms with Crippen molar-refractivity contribution in [2.24, 2.45) is 5.73 Å². The Hall–Kier alpha value is -4.27. The number of carbonyl (C=O) groups is 1. The van der Waals surface area contributed by atoms with Crippen molar-refractivity contribution in [3.8, 4) is 11.5 Å². The number of benzene rings is 2. The number of hydrogen-bond acceptors (Lipinski definition) is 7. The van der Waals surface area contributed by atoms with Gasteiger partial charge in [0, 0.05) is 43.2 Å². The normalized spacial score (nSPS) is 11.7. The monoisotopic (exact) mass is 512 g/mol. The summed E-state index contributed by atoms with van der Waals surface area (Å²) in [5.41, 5.74) is 9.49. The lowest BCUT2D eigenvalue weighted by molar-refractivity contribution is -0.138. The van der Waals surface area contributed by atoms with Crippen molar-refractivity contribution in [3.63, 3.8) is 0 Å². The van der Waals surface area contributed by atoms with Crippen LogP contribution >= 0.6 is 0 Å². The molecule has 0 aliphatic rings. The molecule has 0 amide bonds. The topological polar surface area (TPSA) is 111 Å². The molecule has 0 saturated carbocycles. The molecule has 0 fully saturated rings. The van der Waals surface area contributed by atoms with Crippen LogP contribution in [0.15, 0.2) is 97.3 Å². The number of ether oxygens (including phenoxy) is 2. The summed E-state index contributed by atoms with van der Waals surface area (Å²) in [6, 6.07) is 26.2. The average Bonchev–Trinajstić information content (AvgIpc) is 2.95. The molecule has 1 atom stereocenters. The van der Waals surface area contributed by atoms with Crippen LogP contribution in [-0.2, 0) is 31.1 Å². The molecule has 0 aliphatic carbocycles. The standard InChI is InChI=1S/C30H32N4O4/c31-27(30(35)36)15-18-34(19-23-9-1-3-13-28(23)37-21-25-11-5-7-16-32-25)20-24-10-2-4-14-29(24)38-22-26-12-6-8-17-33-26/h1-14,16-17,27H,15,18-22,31H2,(H,35,36)/t27-/m1/s1. The molecule has 0 spiro atoms. The zero-order valence-corrected chi connectivity index (χ0v) is 21.1. The summed E-state index contributed by atoms with van der Waals surface area (Å²) in [5.74, 6) is 0.499. The van der Waals surface area contributed by atoms with E-state index >= 15 is 0 Å². The van der Waals surface area contributed by atoms with Crippen molar-refractivity contribution in [2.75, 3.05) is 6.54 Å². The van der Waals surface area contributed by atoms with Crippen LogP contribution in [0.2, 0.25) is 0 Å². The number of aromatic nitrogens is 2. The van der Waals surface area contributed by atoms with Gasteiger partial charge in [-0.25, -0.2) is 0 Å². The molecular weight excluding hydrogens is 480 g/mol. The molecule has 0 bridgehead atoms. The van der Waals surface area contributed by atoms with Gasteiger partial charge in [0.2, 0.25) is 0 Å². The number of para-hydroxylation sites is 2. The number of nitrogens with two attached hydrogens (primary N) is 1. The Kier molecular flexibility index (Phi) is 9.78. The molecule has 8 nitrogen and oxygen atoms in total. The van der Waals surface area contributed by atoms with Crippen LogP contribution in [0.5, 0.6) is 11.5 Å². The first-order valence-electron chi connectivity index (χ1n) is 12.5. The predicted octanol–water partition coefficient (Wildman–Crippen LogP) is 4.44. The second-order valence-corrected chi connectivity index (χ2v) is 8.88. The molecule has 2 aromatic carbocycles. The maximum Gasteiger partial charge on any atom is 0.320 e. The van der Waals surface area contributed by atoms with Crippen molar-refractivity contribution >= 4 is 5.97 Å². The molecule has 2 heterocycles. The van der Waals surface area contributed by atoms with Crippen LogP contribution in [0.1, 0.15) is 28.9 Å². The van der Waals surface area contributed by atoms with Gasteiger partial charge < -0.3 is 20.3 Å². The molecule has 2 aromatic heterocycles. The highest BCUT2D eigenvalue weighted by atomic mass is 16.5.